The number of hydrogen-bond donors (Lipinski definition) is 2. The molecule has 1 saturated carbocycles. The van der Waals surface area contributed by atoms with Gasteiger partial charge in [0.15, 0.2) is 0 Å². The number of urea groups is 1. The second kappa shape index (κ2) is 5.25. The summed E-state index contributed by atoms with van der Waals surface area (Å²) >= 11 is 1.48. The van der Waals surface area contributed by atoms with Gasteiger partial charge in [0.1, 0.15) is 5.82 Å². The molecular formula is C15H15FN2OS. The zero-order valence-electron chi connectivity index (χ0n) is 10.9. The molecule has 1 aromatic carbocycles. The topological polar surface area (TPSA) is 41.1 Å². The second-order valence-electron chi connectivity index (χ2n) is 5.07. The molecule has 0 bridgehead atoms. The number of amides is 2. The van der Waals surface area contributed by atoms with Gasteiger partial charge in [0, 0.05) is 12.0 Å². The van der Waals surface area contributed by atoms with Crippen molar-refractivity contribution in [1.29, 1.82) is 0 Å². The highest BCUT2D eigenvalue weighted by Gasteiger charge is 2.44. The minimum Gasteiger partial charge on any atom is -0.337 e. The molecule has 1 aliphatic rings. The minimum atomic E-state index is -0.229. The third-order valence-corrected chi connectivity index (χ3v) is 4.44. The number of carbonyl (C=O) groups excluding carboxylic acids is 1. The van der Waals surface area contributed by atoms with Gasteiger partial charge in [-0.2, -0.15) is 0 Å². The Labute approximate surface area is 120 Å². The Kier molecular flexibility index (Phi) is 3.44. The Hall–Kier alpha value is -1.88. The first-order chi connectivity index (χ1) is 9.68. The summed E-state index contributed by atoms with van der Waals surface area (Å²) in [6.07, 6.45) is 2.05. The Morgan fingerprint density at radius 1 is 1.25 bits per heavy atom. The predicted molar refractivity (Wildman–Crippen MR) is 78.7 cm³/mol. The van der Waals surface area contributed by atoms with Crippen LogP contribution < -0.4 is 10.6 Å². The summed E-state index contributed by atoms with van der Waals surface area (Å²) < 4.78 is 12.9. The molecular weight excluding hydrogens is 275 g/mol. The van der Waals surface area contributed by atoms with Crippen LogP contribution in [-0.4, -0.2) is 12.6 Å². The molecule has 0 unspecified atom stereocenters. The fraction of sp³-hybridized carbons (Fsp3) is 0.267. The zero-order chi connectivity index (χ0) is 14.0. The van der Waals surface area contributed by atoms with Crippen molar-refractivity contribution in [2.75, 3.05) is 11.9 Å². The lowest BCUT2D eigenvalue weighted by molar-refractivity contribution is 0.251. The number of halogens is 1. The van der Waals surface area contributed by atoms with Crippen molar-refractivity contribution < 1.29 is 9.18 Å². The van der Waals surface area contributed by atoms with Gasteiger partial charge in [0.2, 0.25) is 0 Å². The van der Waals surface area contributed by atoms with Crippen LogP contribution in [0.3, 0.4) is 0 Å². The normalized spacial score (nSPS) is 15.7. The molecule has 20 heavy (non-hydrogen) atoms. The number of nitrogens with one attached hydrogen (secondary N) is 2. The number of rotatable bonds is 4. The molecule has 0 aliphatic heterocycles. The SMILES string of the molecule is O=C(NCC1(c2ccc(F)cc2)CC1)Nc1cccs1. The van der Waals surface area contributed by atoms with Gasteiger partial charge in [-0.15, -0.1) is 11.3 Å². The van der Waals surface area contributed by atoms with Gasteiger partial charge in [-0.25, -0.2) is 9.18 Å². The van der Waals surface area contributed by atoms with Gasteiger partial charge in [-0.3, -0.25) is 5.32 Å². The Bertz CT molecular complexity index is 591. The molecule has 1 aliphatic carbocycles. The van der Waals surface area contributed by atoms with E-state index in [9.17, 15) is 9.18 Å². The van der Waals surface area contributed by atoms with E-state index in [1.165, 1.54) is 23.5 Å². The molecule has 1 heterocycles. The largest absolute Gasteiger partial charge is 0.337 e. The van der Waals surface area contributed by atoms with Crippen molar-refractivity contribution >= 4 is 22.4 Å². The number of benzene rings is 1. The first kappa shape index (κ1) is 13.1. The van der Waals surface area contributed by atoms with Gasteiger partial charge >= 0.3 is 6.03 Å². The van der Waals surface area contributed by atoms with E-state index in [4.69, 9.17) is 0 Å². The highest BCUT2D eigenvalue weighted by molar-refractivity contribution is 7.14. The third-order valence-electron chi connectivity index (χ3n) is 3.66. The van der Waals surface area contributed by atoms with Crippen molar-refractivity contribution in [3.63, 3.8) is 0 Å². The average Bonchev–Trinajstić information content (AvgIpc) is 3.07. The highest BCUT2D eigenvalue weighted by atomic mass is 32.1. The van der Waals surface area contributed by atoms with Crippen LogP contribution >= 0.6 is 11.3 Å². The third kappa shape index (κ3) is 2.82. The molecule has 1 aromatic heterocycles. The summed E-state index contributed by atoms with van der Waals surface area (Å²) in [5, 5.41) is 8.43. The first-order valence-corrected chi connectivity index (χ1v) is 7.40. The fourth-order valence-corrected chi connectivity index (χ4v) is 2.89. The molecule has 5 heteroatoms. The number of carbonyl (C=O) groups is 1. The molecule has 3 rings (SSSR count). The first-order valence-electron chi connectivity index (χ1n) is 6.52. The lowest BCUT2D eigenvalue weighted by Crippen LogP contribution is -2.35. The van der Waals surface area contributed by atoms with Crippen molar-refractivity contribution in [2.45, 2.75) is 18.3 Å². The number of hydrogen-bond acceptors (Lipinski definition) is 2. The summed E-state index contributed by atoms with van der Waals surface area (Å²) in [6, 6.07) is 10.1. The van der Waals surface area contributed by atoms with Gasteiger partial charge in [-0.1, -0.05) is 12.1 Å². The number of anilines is 1. The van der Waals surface area contributed by atoms with Crippen LogP contribution in [0.1, 0.15) is 18.4 Å². The van der Waals surface area contributed by atoms with Crippen molar-refractivity contribution in [3.05, 3.63) is 53.2 Å². The summed E-state index contributed by atoms with van der Waals surface area (Å²) in [7, 11) is 0. The van der Waals surface area contributed by atoms with Crippen LogP contribution in [0, 0.1) is 5.82 Å². The molecule has 2 aromatic rings. The van der Waals surface area contributed by atoms with Crippen LogP contribution in [0.5, 0.6) is 0 Å². The molecule has 0 radical (unpaired) electrons. The monoisotopic (exact) mass is 290 g/mol. The van der Waals surface area contributed by atoms with E-state index in [0.29, 0.717) is 6.54 Å². The molecule has 1 fully saturated rings. The van der Waals surface area contributed by atoms with Gasteiger partial charge in [0.05, 0.1) is 5.00 Å². The zero-order valence-corrected chi connectivity index (χ0v) is 11.7. The molecule has 104 valence electrons. The van der Waals surface area contributed by atoms with Crippen LogP contribution in [0.15, 0.2) is 41.8 Å². The van der Waals surface area contributed by atoms with Gasteiger partial charge in [0.25, 0.3) is 0 Å². The maximum atomic E-state index is 12.9. The van der Waals surface area contributed by atoms with Crippen molar-refractivity contribution in [2.24, 2.45) is 0 Å². The van der Waals surface area contributed by atoms with Crippen LogP contribution in [0.2, 0.25) is 0 Å². The maximum absolute atomic E-state index is 12.9. The van der Waals surface area contributed by atoms with E-state index in [1.54, 1.807) is 12.1 Å². The quantitative estimate of drug-likeness (QED) is 0.885. The van der Waals surface area contributed by atoms with E-state index in [0.717, 1.165) is 23.4 Å². The summed E-state index contributed by atoms with van der Waals surface area (Å²) in [4.78, 5) is 11.8. The molecule has 2 N–H and O–H groups in total. The Balaban J connectivity index is 1.57. The predicted octanol–water partition coefficient (Wildman–Crippen LogP) is 3.74. The lowest BCUT2D eigenvalue weighted by Gasteiger charge is -2.16. The maximum Gasteiger partial charge on any atom is 0.319 e. The molecule has 0 spiro atoms. The summed E-state index contributed by atoms with van der Waals surface area (Å²) in [6.45, 7) is 0.579. The van der Waals surface area contributed by atoms with Crippen LogP contribution in [0.4, 0.5) is 14.2 Å². The second-order valence-corrected chi connectivity index (χ2v) is 6.02. The Morgan fingerprint density at radius 3 is 2.60 bits per heavy atom. The molecule has 3 nitrogen and oxygen atoms in total. The standard InChI is InChI=1S/C15H15FN2OS/c16-12-5-3-11(4-6-12)15(7-8-15)10-17-14(19)18-13-2-1-9-20-13/h1-6,9H,7-8,10H2,(H2,17,18,19). The average molecular weight is 290 g/mol. The van der Waals surface area contributed by atoms with Crippen LogP contribution in [0.25, 0.3) is 0 Å². The van der Waals surface area contributed by atoms with Crippen LogP contribution in [-0.2, 0) is 5.41 Å². The van der Waals surface area contributed by atoms with Gasteiger partial charge in [-0.05, 0) is 48.1 Å². The molecule has 0 saturated heterocycles. The molecule has 0 atom stereocenters. The summed E-state index contributed by atoms with van der Waals surface area (Å²) in [5.74, 6) is -0.229. The van der Waals surface area contributed by atoms with E-state index < -0.39 is 0 Å². The number of thiophene rings is 1. The van der Waals surface area contributed by atoms with E-state index in [-0.39, 0.29) is 17.3 Å². The lowest BCUT2D eigenvalue weighted by atomic mass is 9.96. The minimum absolute atomic E-state index is 0.0134. The van der Waals surface area contributed by atoms with E-state index in [1.807, 2.05) is 17.5 Å². The fourth-order valence-electron chi connectivity index (χ4n) is 2.28. The van der Waals surface area contributed by atoms with E-state index in [2.05, 4.69) is 10.6 Å². The molecule has 2 amide bonds. The van der Waals surface area contributed by atoms with Crippen molar-refractivity contribution in [3.8, 4) is 0 Å². The Morgan fingerprint density at radius 2 is 2.00 bits per heavy atom. The van der Waals surface area contributed by atoms with Gasteiger partial charge < -0.3 is 5.32 Å². The van der Waals surface area contributed by atoms with Crippen molar-refractivity contribution in [1.82, 2.24) is 5.32 Å². The highest BCUT2D eigenvalue weighted by Crippen LogP contribution is 2.47. The smallest absolute Gasteiger partial charge is 0.319 e. The van der Waals surface area contributed by atoms with E-state index >= 15 is 0 Å². The summed E-state index contributed by atoms with van der Waals surface area (Å²) in [5.41, 5.74) is 1.08.